The van der Waals surface area contributed by atoms with Gasteiger partial charge in [0.15, 0.2) is 0 Å². The fourth-order valence-corrected chi connectivity index (χ4v) is 2.29. The highest BCUT2D eigenvalue weighted by molar-refractivity contribution is 5.98. The van der Waals surface area contributed by atoms with Gasteiger partial charge in [-0.3, -0.25) is 4.79 Å². The van der Waals surface area contributed by atoms with Gasteiger partial charge < -0.3 is 15.4 Å². The summed E-state index contributed by atoms with van der Waals surface area (Å²) in [6, 6.07) is 1.22. The van der Waals surface area contributed by atoms with Crippen LogP contribution in [0.3, 0.4) is 0 Å². The van der Waals surface area contributed by atoms with Crippen LogP contribution in [0.25, 0.3) is 0 Å². The van der Waals surface area contributed by atoms with Gasteiger partial charge in [0.25, 0.3) is 5.91 Å². The van der Waals surface area contributed by atoms with Crippen LogP contribution in [-0.4, -0.2) is 37.2 Å². The first kappa shape index (κ1) is 15.7. The van der Waals surface area contributed by atoms with E-state index in [2.05, 4.69) is 15.6 Å². The van der Waals surface area contributed by atoms with E-state index in [-0.39, 0.29) is 11.5 Å². The maximum atomic E-state index is 13.3. The smallest absolute Gasteiger partial charge is 0.255 e. The minimum Gasteiger partial charge on any atom is -0.381 e. The summed E-state index contributed by atoms with van der Waals surface area (Å²) in [5.74, 6) is 0.138. The Morgan fingerprint density at radius 3 is 3.10 bits per heavy atom. The van der Waals surface area contributed by atoms with Crippen molar-refractivity contribution in [1.82, 2.24) is 10.3 Å². The first-order chi connectivity index (χ1) is 10.2. The maximum absolute atomic E-state index is 13.3. The lowest BCUT2D eigenvalue weighted by molar-refractivity contribution is 0.0950. The molecule has 1 aromatic rings. The molecule has 0 saturated carbocycles. The van der Waals surface area contributed by atoms with E-state index in [1.54, 1.807) is 0 Å². The van der Waals surface area contributed by atoms with E-state index in [0.717, 1.165) is 38.7 Å². The van der Waals surface area contributed by atoms with Crippen LogP contribution < -0.4 is 10.6 Å². The Morgan fingerprint density at radius 1 is 1.52 bits per heavy atom. The van der Waals surface area contributed by atoms with Gasteiger partial charge in [-0.25, -0.2) is 9.37 Å². The van der Waals surface area contributed by atoms with E-state index in [4.69, 9.17) is 4.74 Å². The summed E-state index contributed by atoms with van der Waals surface area (Å²) < 4.78 is 18.6. The summed E-state index contributed by atoms with van der Waals surface area (Å²) in [7, 11) is 0. The molecule has 21 heavy (non-hydrogen) atoms. The van der Waals surface area contributed by atoms with Gasteiger partial charge in [0.05, 0.1) is 11.8 Å². The molecule has 0 aromatic carbocycles. The molecular formula is C15H22FN3O2. The highest BCUT2D eigenvalue weighted by Gasteiger charge is 2.17. The highest BCUT2D eigenvalue weighted by atomic mass is 19.1. The number of carbonyl (C=O) groups excluding carboxylic acids is 1. The third-order valence-electron chi connectivity index (χ3n) is 3.50. The summed E-state index contributed by atoms with van der Waals surface area (Å²) in [4.78, 5) is 16.1. The molecule has 2 N–H and O–H groups in total. The molecule has 6 heteroatoms. The average molecular weight is 295 g/mol. The molecule has 0 bridgehead atoms. The fourth-order valence-electron chi connectivity index (χ4n) is 2.29. The maximum Gasteiger partial charge on any atom is 0.255 e. The van der Waals surface area contributed by atoms with Gasteiger partial charge >= 0.3 is 0 Å². The Kier molecular flexibility index (Phi) is 5.92. The molecule has 1 saturated heterocycles. The zero-order valence-electron chi connectivity index (χ0n) is 12.3. The number of amides is 1. The normalized spacial score (nSPS) is 17.7. The van der Waals surface area contributed by atoms with Crippen molar-refractivity contribution in [3.63, 3.8) is 0 Å². The Bertz CT molecular complexity index is 476. The van der Waals surface area contributed by atoms with Crippen molar-refractivity contribution >= 4 is 11.7 Å². The molecule has 0 radical (unpaired) electrons. The van der Waals surface area contributed by atoms with Crippen molar-refractivity contribution in [3.8, 4) is 0 Å². The summed E-state index contributed by atoms with van der Waals surface area (Å²) in [5.41, 5.74) is 0.256. The number of hydrogen-bond acceptors (Lipinski definition) is 4. The lowest BCUT2D eigenvalue weighted by Gasteiger charge is -2.12. The van der Waals surface area contributed by atoms with Crippen molar-refractivity contribution in [2.45, 2.75) is 26.2 Å². The quantitative estimate of drug-likeness (QED) is 0.809. The number of hydrogen-bond donors (Lipinski definition) is 2. The summed E-state index contributed by atoms with van der Waals surface area (Å²) >= 11 is 0. The second-order valence-electron chi connectivity index (χ2n) is 5.25. The van der Waals surface area contributed by atoms with Gasteiger partial charge in [-0.2, -0.15) is 0 Å². The van der Waals surface area contributed by atoms with Gasteiger partial charge in [0.1, 0.15) is 11.6 Å². The van der Waals surface area contributed by atoms with Gasteiger partial charge in [0, 0.05) is 26.3 Å². The van der Waals surface area contributed by atoms with Crippen LogP contribution in [0.1, 0.15) is 36.5 Å². The molecule has 0 spiro atoms. The van der Waals surface area contributed by atoms with Crippen LogP contribution in [0, 0.1) is 11.7 Å². The number of anilines is 1. The third-order valence-corrected chi connectivity index (χ3v) is 3.50. The van der Waals surface area contributed by atoms with Gasteiger partial charge in [-0.05, 0) is 31.2 Å². The standard InChI is InChI=1S/C15H22FN3O2/c1-2-5-17-14-13(8-12(16)9-19-14)15(20)18-6-3-11-4-7-21-10-11/h8-9,11H,2-7,10H2,1H3,(H,17,19)(H,18,20). The van der Waals surface area contributed by atoms with E-state index in [1.807, 2.05) is 6.92 Å². The molecule has 5 nitrogen and oxygen atoms in total. The van der Waals surface area contributed by atoms with E-state index in [9.17, 15) is 9.18 Å². The third kappa shape index (κ3) is 4.67. The van der Waals surface area contributed by atoms with E-state index in [0.29, 0.717) is 24.8 Å². The Hall–Kier alpha value is -1.69. The second kappa shape index (κ2) is 7.93. The lowest BCUT2D eigenvalue weighted by atomic mass is 10.1. The molecule has 116 valence electrons. The predicted molar refractivity (Wildman–Crippen MR) is 78.9 cm³/mol. The van der Waals surface area contributed by atoms with Gasteiger partial charge in [0.2, 0.25) is 0 Å². The Labute approximate surface area is 124 Å². The van der Waals surface area contributed by atoms with Crippen LogP contribution in [0.5, 0.6) is 0 Å². The average Bonchev–Trinajstić information content (AvgIpc) is 2.99. The minimum absolute atomic E-state index is 0.256. The minimum atomic E-state index is -0.508. The summed E-state index contributed by atoms with van der Waals surface area (Å²) in [5, 5.41) is 5.87. The van der Waals surface area contributed by atoms with Gasteiger partial charge in [-0.1, -0.05) is 6.92 Å². The summed E-state index contributed by atoms with van der Waals surface area (Å²) in [6.45, 7) is 4.84. The molecule has 1 atom stereocenters. The van der Waals surface area contributed by atoms with E-state index in [1.165, 1.54) is 6.07 Å². The van der Waals surface area contributed by atoms with Crippen molar-refractivity contribution in [1.29, 1.82) is 0 Å². The highest BCUT2D eigenvalue weighted by Crippen LogP contribution is 2.16. The zero-order chi connectivity index (χ0) is 15.1. The van der Waals surface area contributed by atoms with Crippen LogP contribution in [-0.2, 0) is 4.74 Å². The molecule has 1 aliphatic rings. The number of pyridine rings is 1. The number of carbonyl (C=O) groups is 1. The SMILES string of the molecule is CCCNc1ncc(F)cc1C(=O)NCCC1CCOC1. The van der Waals surface area contributed by atoms with E-state index < -0.39 is 5.82 Å². The van der Waals surface area contributed by atoms with Crippen LogP contribution in [0.15, 0.2) is 12.3 Å². The first-order valence-electron chi connectivity index (χ1n) is 7.46. The molecule has 1 amide bonds. The molecule has 1 fully saturated rings. The Balaban J connectivity index is 1.91. The topological polar surface area (TPSA) is 63.2 Å². The van der Waals surface area contributed by atoms with E-state index >= 15 is 0 Å². The number of nitrogens with zero attached hydrogens (tertiary/aromatic N) is 1. The number of rotatable bonds is 7. The molecule has 2 heterocycles. The number of ether oxygens (including phenoxy) is 1. The summed E-state index contributed by atoms with van der Waals surface area (Å²) in [6.07, 6.45) is 3.94. The number of nitrogens with one attached hydrogen (secondary N) is 2. The molecule has 1 unspecified atom stereocenters. The Morgan fingerprint density at radius 2 is 2.38 bits per heavy atom. The van der Waals surface area contributed by atoms with Crippen LogP contribution in [0.2, 0.25) is 0 Å². The van der Waals surface area contributed by atoms with Crippen molar-refractivity contribution in [3.05, 3.63) is 23.6 Å². The fraction of sp³-hybridized carbons (Fsp3) is 0.600. The lowest BCUT2D eigenvalue weighted by Crippen LogP contribution is -2.27. The van der Waals surface area contributed by atoms with Crippen molar-refractivity contribution < 1.29 is 13.9 Å². The number of aromatic nitrogens is 1. The molecule has 0 aliphatic carbocycles. The second-order valence-corrected chi connectivity index (χ2v) is 5.25. The molecule has 1 aliphatic heterocycles. The molecule has 1 aromatic heterocycles. The van der Waals surface area contributed by atoms with Crippen molar-refractivity contribution in [2.24, 2.45) is 5.92 Å². The largest absolute Gasteiger partial charge is 0.381 e. The monoisotopic (exact) mass is 295 g/mol. The van der Waals surface area contributed by atoms with Crippen molar-refractivity contribution in [2.75, 3.05) is 31.6 Å². The zero-order valence-corrected chi connectivity index (χ0v) is 12.3. The van der Waals surface area contributed by atoms with Gasteiger partial charge in [-0.15, -0.1) is 0 Å². The molecular weight excluding hydrogens is 273 g/mol. The predicted octanol–water partition coefficient (Wildman–Crippen LogP) is 2.20. The van der Waals surface area contributed by atoms with Crippen LogP contribution >= 0.6 is 0 Å². The number of halogens is 1. The molecule has 2 rings (SSSR count). The van der Waals surface area contributed by atoms with Crippen LogP contribution in [0.4, 0.5) is 10.2 Å². The first-order valence-corrected chi connectivity index (χ1v) is 7.46.